The number of anilines is 1. The summed E-state index contributed by atoms with van der Waals surface area (Å²) in [5, 5.41) is 6.52. The molecule has 2 fully saturated rings. The quantitative estimate of drug-likeness (QED) is 0.677. The molecule has 0 aromatic heterocycles. The molecule has 0 aliphatic carbocycles. The van der Waals surface area contributed by atoms with Gasteiger partial charge in [0, 0.05) is 63.1 Å². The number of ether oxygens (including phenoxy) is 1. The van der Waals surface area contributed by atoms with Crippen molar-refractivity contribution >= 4 is 11.6 Å². The van der Waals surface area contributed by atoms with Crippen molar-refractivity contribution in [2.75, 3.05) is 63.9 Å². The second kappa shape index (κ2) is 10.4. The summed E-state index contributed by atoms with van der Waals surface area (Å²) in [6.07, 6.45) is 4.19. The number of hydrogen-bond donors (Lipinski definition) is 2. The summed E-state index contributed by atoms with van der Waals surface area (Å²) in [5.74, 6) is 0.00198. The number of nitrogens with one attached hydrogen (secondary N) is 2. The Bertz CT molecular complexity index is 591. The van der Waals surface area contributed by atoms with Crippen molar-refractivity contribution in [3.63, 3.8) is 0 Å². The van der Waals surface area contributed by atoms with Gasteiger partial charge in [0.25, 0.3) is 5.91 Å². The van der Waals surface area contributed by atoms with Crippen LogP contribution in [-0.4, -0.2) is 75.9 Å². The molecule has 0 atom stereocenters. The molecule has 6 heteroatoms. The van der Waals surface area contributed by atoms with Crippen molar-refractivity contribution in [3.05, 3.63) is 42.5 Å². The summed E-state index contributed by atoms with van der Waals surface area (Å²) in [5.41, 5.74) is 1.92. The average molecular weight is 373 g/mol. The Kier molecular flexibility index (Phi) is 7.68. The fourth-order valence-electron chi connectivity index (χ4n) is 3.67. The monoisotopic (exact) mass is 372 g/mol. The van der Waals surface area contributed by atoms with Crippen LogP contribution in [0.2, 0.25) is 0 Å². The van der Waals surface area contributed by atoms with E-state index >= 15 is 0 Å². The zero-order valence-electron chi connectivity index (χ0n) is 16.2. The average Bonchev–Trinajstić information content (AvgIpc) is 2.73. The van der Waals surface area contributed by atoms with Crippen molar-refractivity contribution in [2.24, 2.45) is 0 Å². The molecule has 3 rings (SSSR count). The Hall–Kier alpha value is -1.89. The van der Waals surface area contributed by atoms with Crippen molar-refractivity contribution in [2.45, 2.75) is 18.9 Å². The summed E-state index contributed by atoms with van der Waals surface area (Å²) in [6.45, 7) is 11.7. The highest BCUT2D eigenvalue weighted by Crippen LogP contribution is 2.20. The normalized spacial score (nSPS) is 19.0. The third-order valence-corrected chi connectivity index (χ3v) is 5.36. The van der Waals surface area contributed by atoms with E-state index in [0.29, 0.717) is 12.6 Å². The fraction of sp³-hybridized carbons (Fsp3) is 0.571. The van der Waals surface area contributed by atoms with Crippen LogP contribution in [0.1, 0.15) is 23.2 Å². The van der Waals surface area contributed by atoms with Crippen LogP contribution in [0.25, 0.3) is 0 Å². The minimum absolute atomic E-state index is 0.00198. The first-order chi connectivity index (χ1) is 13.3. The van der Waals surface area contributed by atoms with Gasteiger partial charge in [0.1, 0.15) is 0 Å². The smallest absolute Gasteiger partial charge is 0.251 e. The van der Waals surface area contributed by atoms with Crippen LogP contribution in [0.4, 0.5) is 5.69 Å². The predicted octanol–water partition coefficient (Wildman–Crippen LogP) is 1.49. The van der Waals surface area contributed by atoms with Gasteiger partial charge in [0.2, 0.25) is 0 Å². The zero-order valence-corrected chi connectivity index (χ0v) is 16.2. The van der Waals surface area contributed by atoms with Gasteiger partial charge >= 0.3 is 0 Å². The molecule has 2 N–H and O–H groups in total. The number of amides is 1. The van der Waals surface area contributed by atoms with Gasteiger partial charge in [-0.2, -0.15) is 0 Å². The maximum absolute atomic E-state index is 12.3. The number of hydrogen-bond acceptors (Lipinski definition) is 5. The Balaban J connectivity index is 1.41. The number of nitrogens with zero attached hydrogens (tertiary/aromatic N) is 2. The lowest BCUT2D eigenvalue weighted by Gasteiger charge is -2.34. The molecule has 0 radical (unpaired) electrons. The molecule has 0 spiro atoms. The lowest BCUT2D eigenvalue weighted by Crippen LogP contribution is -2.42. The summed E-state index contributed by atoms with van der Waals surface area (Å²) in [6, 6.07) is 8.57. The van der Waals surface area contributed by atoms with Gasteiger partial charge < -0.3 is 20.3 Å². The lowest BCUT2D eigenvalue weighted by atomic mass is 10.0. The number of morpholine rings is 1. The maximum Gasteiger partial charge on any atom is 0.251 e. The highest BCUT2D eigenvalue weighted by atomic mass is 16.5. The van der Waals surface area contributed by atoms with E-state index in [4.69, 9.17) is 4.74 Å². The number of benzene rings is 1. The number of piperidine rings is 1. The van der Waals surface area contributed by atoms with Crippen LogP contribution in [0, 0.1) is 0 Å². The molecule has 2 saturated heterocycles. The first-order valence-electron chi connectivity index (χ1n) is 10.0. The molecule has 1 aromatic rings. The number of carbonyl (C=O) groups excluding carboxylic acids is 1. The first-order valence-corrected chi connectivity index (χ1v) is 10.0. The number of rotatable bonds is 8. The summed E-state index contributed by atoms with van der Waals surface area (Å²) < 4.78 is 5.34. The zero-order chi connectivity index (χ0) is 18.9. The molecule has 27 heavy (non-hydrogen) atoms. The Morgan fingerprint density at radius 3 is 2.52 bits per heavy atom. The van der Waals surface area contributed by atoms with E-state index in [0.717, 1.165) is 70.9 Å². The van der Waals surface area contributed by atoms with Gasteiger partial charge in [-0.25, -0.2) is 0 Å². The molecule has 1 amide bonds. The van der Waals surface area contributed by atoms with Crippen LogP contribution in [0.5, 0.6) is 0 Å². The topological polar surface area (TPSA) is 56.8 Å². The summed E-state index contributed by atoms with van der Waals surface area (Å²) in [7, 11) is 0. The SMILES string of the molecule is C=CCNC1CCN(c2ccc(C(=O)NCCN3CCOCC3)cc2)CC1. The van der Waals surface area contributed by atoms with Crippen LogP contribution in [-0.2, 0) is 4.74 Å². The Morgan fingerprint density at radius 2 is 1.85 bits per heavy atom. The first kappa shape index (κ1) is 19.9. The second-order valence-corrected chi connectivity index (χ2v) is 7.22. The maximum atomic E-state index is 12.3. The van der Waals surface area contributed by atoms with Crippen molar-refractivity contribution in [3.8, 4) is 0 Å². The molecule has 0 saturated carbocycles. The van der Waals surface area contributed by atoms with Gasteiger partial charge in [0.15, 0.2) is 0 Å². The number of carbonyl (C=O) groups is 1. The molecule has 2 heterocycles. The third-order valence-electron chi connectivity index (χ3n) is 5.36. The minimum Gasteiger partial charge on any atom is -0.379 e. The second-order valence-electron chi connectivity index (χ2n) is 7.22. The van der Waals surface area contributed by atoms with E-state index in [1.165, 1.54) is 5.69 Å². The van der Waals surface area contributed by atoms with E-state index < -0.39 is 0 Å². The van der Waals surface area contributed by atoms with Crippen LogP contribution >= 0.6 is 0 Å². The van der Waals surface area contributed by atoms with E-state index in [2.05, 4.69) is 39.1 Å². The van der Waals surface area contributed by atoms with E-state index in [-0.39, 0.29) is 5.91 Å². The van der Waals surface area contributed by atoms with Gasteiger partial charge in [-0.05, 0) is 37.1 Å². The minimum atomic E-state index is 0.00198. The van der Waals surface area contributed by atoms with Gasteiger partial charge in [-0.1, -0.05) is 6.08 Å². The van der Waals surface area contributed by atoms with E-state index in [1.807, 2.05) is 18.2 Å². The van der Waals surface area contributed by atoms with Gasteiger partial charge in [0.05, 0.1) is 13.2 Å². The Morgan fingerprint density at radius 1 is 1.15 bits per heavy atom. The molecule has 148 valence electrons. The largest absolute Gasteiger partial charge is 0.379 e. The summed E-state index contributed by atoms with van der Waals surface area (Å²) >= 11 is 0. The predicted molar refractivity (Wildman–Crippen MR) is 109 cm³/mol. The summed E-state index contributed by atoms with van der Waals surface area (Å²) in [4.78, 5) is 17.0. The van der Waals surface area contributed by atoms with Crippen LogP contribution < -0.4 is 15.5 Å². The Labute approximate surface area is 162 Å². The van der Waals surface area contributed by atoms with Crippen molar-refractivity contribution < 1.29 is 9.53 Å². The van der Waals surface area contributed by atoms with Crippen LogP contribution in [0.3, 0.4) is 0 Å². The molecule has 1 aromatic carbocycles. The highest BCUT2D eigenvalue weighted by Gasteiger charge is 2.19. The van der Waals surface area contributed by atoms with Crippen molar-refractivity contribution in [1.29, 1.82) is 0 Å². The van der Waals surface area contributed by atoms with E-state index in [9.17, 15) is 4.79 Å². The molecule has 0 bridgehead atoms. The highest BCUT2D eigenvalue weighted by molar-refractivity contribution is 5.94. The van der Waals surface area contributed by atoms with Crippen LogP contribution in [0.15, 0.2) is 36.9 Å². The van der Waals surface area contributed by atoms with E-state index in [1.54, 1.807) is 0 Å². The fourth-order valence-corrected chi connectivity index (χ4v) is 3.67. The molecular weight excluding hydrogens is 340 g/mol. The lowest BCUT2D eigenvalue weighted by molar-refractivity contribution is 0.0383. The standard InChI is InChI=1S/C21H32N4O2/c1-2-9-22-19-7-11-25(12-8-19)20-5-3-18(4-6-20)21(26)23-10-13-24-14-16-27-17-15-24/h2-6,19,22H,1,7-17H2,(H,23,26). The third kappa shape index (κ3) is 6.06. The van der Waals surface area contributed by atoms with Gasteiger partial charge in [-0.15, -0.1) is 6.58 Å². The molecule has 2 aliphatic rings. The molecule has 2 aliphatic heterocycles. The molecule has 0 unspecified atom stereocenters. The molecule has 6 nitrogen and oxygen atoms in total. The van der Waals surface area contributed by atoms with Crippen molar-refractivity contribution in [1.82, 2.24) is 15.5 Å². The van der Waals surface area contributed by atoms with Gasteiger partial charge in [-0.3, -0.25) is 9.69 Å². The molecular formula is C21H32N4O2.